The SMILES string of the molecule is Cn1cc(CCNC(=O)Nc2cnn(C)c2)cn1. The third kappa shape index (κ3) is 3.34. The highest BCUT2D eigenvalue weighted by Gasteiger charge is 2.03. The predicted molar refractivity (Wildman–Crippen MR) is 67.1 cm³/mol. The van der Waals surface area contributed by atoms with Gasteiger partial charge in [0.05, 0.1) is 18.1 Å². The Morgan fingerprint density at radius 1 is 1.22 bits per heavy atom. The van der Waals surface area contributed by atoms with Crippen molar-refractivity contribution in [3.8, 4) is 0 Å². The van der Waals surface area contributed by atoms with Crippen molar-refractivity contribution in [2.75, 3.05) is 11.9 Å². The number of carbonyl (C=O) groups is 1. The molecule has 2 aromatic rings. The van der Waals surface area contributed by atoms with Crippen molar-refractivity contribution in [3.63, 3.8) is 0 Å². The van der Waals surface area contributed by atoms with Gasteiger partial charge in [0.2, 0.25) is 0 Å². The van der Waals surface area contributed by atoms with E-state index in [0.717, 1.165) is 12.0 Å². The van der Waals surface area contributed by atoms with Gasteiger partial charge in [0.25, 0.3) is 0 Å². The fraction of sp³-hybridized carbons (Fsp3) is 0.364. The molecule has 0 fully saturated rings. The molecule has 2 N–H and O–H groups in total. The van der Waals surface area contributed by atoms with E-state index < -0.39 is 0 Å². The Bertz CT molecular complexity index is 529. The Balaban J connectivity index is 1.72. The lowest BCUT2D eigenvalue weighted by molar-refractivity contribution is 0.252. The van der Waals surface area contributed by atoms with Crippen LogP contribution in [0.5, 0.6) is 0 Å². The molecule has 18 heavy (non-hydrogen) atoms. The Morgan fingerprint density at radius 2 is 1.94 bits per heavy atom. The van der Waals surface area contributed by atoms with Crippen molar-refractivity contribution in [2.45, 2.75) is 6.42 Å². The van der Waals surface area contributed by atoms with Crippen LogP contribution in [0.15, 0.2) is 24.8 Å². The summed E-state index contributed by atoms with van der Waals surface area (Å²) in [5, 5.41) is 13.5. The maximum absolute atomic E-state index is 11.5. The largest absolute Gasteiger partial charge is 0.338 e. The molecular weight excluding hydrogens is 232 g/mol. The number of urea groups is 1. The van der Waals surface area contributed by atoms with E-state index in [2.05, 4.69) is 20.8 Å². The zero-order valence-corrected chi connectivity index (χ0v) is 10.4. The van der Waals surface area contributed by atoms with Gasteiger partial charge in [0.15, 0.2) is 0 Å². The molecule has 0 atom stereocenters. The van der Waals surface area contributed by atoms with Crippen LogP contribution in [0, 0.1) is 0 Å². The van der Waals surface area contributed by atoms with E-state index in [-0.39, 0.29) is 6.03 Å². The smallest absolute Gasteiger partial charge is 0.319 e. The quantitative estimate of drug-likeness (QED) is 0.828. The zero-order chi connectivity index (χ0) is 13.0. The maximum atomic E-state index is 11.5. The summed E-state index contributed by atoms with van der Waals surface area (Å²) in [5.74, 6) is 0. The second kappa shape index (κ2) is 5.35. The lowest BCUT2D eigenvalue weighted by Gasteiger charge is -2.04. The Labute approximate surface area is 105 Å². The van der Waals surface area contributed by atoms with Crippen LogP contribution in [-0.2, 0) is 20.5 Å². The van der Waals surface area contributed by atoms with Crippen LogP contribution >= 0.6 is 0 Å². The highest BCUT2D eigenvalue weighted by molar-refractivity contribution is 5.88. The van der Waals surface area contributed by atoms with Crippen molar-refractivity contribution < 1.29 is 4.79 Å². The lowest BCUT2D eigenvalue weighted by Crippen LogP contribution is -2.30. The van der Waals surface area contributed by atoms with E-state index >= 15 is 0 Å². The van der Waals surface area contributed by atoms with Gasteiger partial charge >= 0.3 is 6.03 Å². The molecule has 96 valence electrons. The van der Waals surface area contributed by atoms with Gasteiger partial charge < -0.3 is 10.6 Å². The van der Waals surface area contributed by atoms with E-state index in [0.29, 0.717) is 12.2 Å². The number of hydrogen-bond donors (Lipinski definition) is 2. The summed E-state index contributed by atoms with van der Waals surface area (Å²) in [6.07, 6.45) is 7.82. The van der Waals surface area contributed by atoms with Crippen molar-refractivity contribution in [3.05, 3.63) is 30.4 Å². The third-order valence-corrected chi connectivity index (χ3v) is 2.42. The number of aromatic nitrogens is 4. The molecule has 7 nitrogen and oxygen atoms in total. The van der Waals surface area contributed by atoms with Gasteiger partial charge in [-0.15, -0.1) is 0 Å². The van der Waals surface area contributed by atoms with Gasteiger partial charge in [-0.05, 0) is 12.0 Å². The normalized spacial score (nSPS) is 10.3. The fourth-order valence-corrected chi connectivity index (χ4v) is 1.58. The van der Waals surface area contributed by atoms with E-state index in [1.54, 1.807) is 35.0 Å². The van der Waals surface area contributed by atoms with Gasteiger partial charge in [0.1, 0.15) is 0 Å². The first kappa shape index (κ1) is 12.2. The molecule has 0 aliphatic carbocycles. The monoisotopic (exact) mass is 248 g/mol. The summed E-state index contributed by atoms with van der Waals surface area (Å²) < 4.78 is 3.37. The van der Waals surface area contributed by atoms with Crippen molar-refractivity contribution in [2.24, 2.45) is 14.1 Å². The van der Waals surface area contributed by atoms with Crippen LogP contribution in [0.4, 0.5) is 10.5 Å². The summed E-state index contributed by atoms with van der Waals surface area (Å²) in [5.41, 5.74) is 1.77. The number of nitrogens with zero attached hydrogens (tertiary/aromatic N) is 4. The van der Waals surface area contributed by atoms with Gasteiger partial charge in [0, 0.05) is 33.0 Å². The van der Waals surface area contributed by atoms with Crippen LogP contribution in [0.1, 0.15) is 5.56 Å². The molecule has 0 unspecified atom stereocenters. The minimum Gasteiger partial charge on any atom is -0.338 e. The fourth-order valence-electron chi connectivity index (χ4n) is 1.58. The highest BCUT2D eigenvalue weighted by Crippen LogP contribution is 2.02. The molecule has 0 bridgehead atoms. The first-order valence-electron chi connectivity index (χ1n) is 5.64. The number of aryl methyl sites for hydroxylation is 2. The van der Waals surface area contributed by atoms with E-state index in [9.17, 15) is 4.79 Å². The summed E-state index contributed by atoms with van der Waals surface area (Å²) in [4.78, 5) is 11.5. The van der Waals surface area contributed by atoms with Crippen molar-refractivity contribution in [1.29, 1.82) is 0 Å². The molecule has 0 aromatic carbocycles. The van der Waals surface area contributed by atoms with Gasteiger partial charge in [-0.1, -0.05) is 0 Å². The molecule has 0 saturated carbocycles. The van der Waals surface area contributed by atoms with Crippen LogP contribution in [0.3, 0.4) is 0 Å². The molecule has 7 heteroatoms. The summed E-state index contributed by atoms with van der Waals surface area (Å²) in [6.45, 7) is 0.567. The van der Waals surface area contributed by atoms with Crippen molar-refractivity contribution in [1.82, 2.24) is 24.9 Å². The zero-order valence-electron chi connectivity index (χ0n) is 10.4. The maximum Gasteiger partial charge on any atom is 0.319 e. The summed E-state index contributed by atoms with van der Waals surface area (Å²) in [7, 11) is 3.66. The predicted octanol–water partition coefficient (Wildman–Crippen LogP) is 0.518. The number of nitrogens with one attached hydrogen (secondary N) is 2. The third-order valence-electron chi connectivity index (χ3n) is 2.42. The molecule has 2 heterocycles. The molecule has 0 radical (unpaired) electrons. The molecule has 0 aliphatic heterocycles. The van der Waals surface area contributed by atoms with Crippen LogP contribution in [-0.4, -0.2) is 32.1 Å². The highest BCUT2D eigenvalue weighted by atomic mass is 16.2. The van der Waals surface area contributed by atoms with Crippen LogP contribution in [0.25, 0.3) is 0 Å². The second-order valence-electron chi connectivity index (χ2n) is 4.06. The van der Waals surface area contributed by atoms with E-state index in [1.165, 1.54) is 0 Å². The van der Waals surface area contributed by atoms with Gasteiger partial charge in [-0.2, -0.15) is 10.2 Å². The van der Waals surface area contributed by atoms with Crippen molar-refractivity contribution >= 4 is 11.7 Å². The molecule has 2 rings (SSSR count). The lowest BCUT2D eigenvalue weighted by atomic mass is 10.2. The number of rotatable bonds is 4. The molecule has 2 amide bonds. The topological polar surface area (TPSA) is 76.8 Å². The summed E-state index contributed by atoms with van der Waals surface area (Å²) in [6, 6.07) is -0.230. The Hall–Kier alpha value is -2.31. The summed E-state index contributed by atoms with van der Waals surface area (Å²) >= 11 is 0. The second-order valence-corrected chi connectivity index (χ2v) is 4.06. The minimum absolute atomic E-state index is 0.230. The van der Waals surface area contributed by atoms with E-state index in [1.807, 2.05) is 13.2 Å². The van der Waals surface area contributed by atoms with Crippen LogP contribution < -0.4 is 10.6 Å². The molecule has 0 spiro atoms. The number of anilines is 1. The molecular formula is C11H16N6O. The number of amides is 2. The Morgan fingerprint density at radius 3 is 2.56 bits per heavy atom. The Kier molecular flexibility index (Phi) is 3.61. The first-order valence-corrected chi connectivity index (χ1v) is 5.64. The van der Waals surface area contributed by atoms with Gasteiger partial charge in [-0.3, -0.25) is 9.36 Å². The average molecular weight is 248 g/mol. The molecule has 0 saturated heterocycles. The minimum atomic E-state index is -0.230. The first-order chi connectivity index (χ1) is 8.63. The average Bonchev–Trinajstić information content (AvgIpc) is 2.88. The number of hydrogen-bond acceptors (Lipinski definition) is 3. The van der Waals surface area contributed by atoms with Crippen LogP contribution in [0.2, 0.25) is 0 Å². The van der Waals surface area contributed by atoms with Gasteiger partial charge in [-0.25, -0.2) is 4.79 Å². The van der Waals surface area contributed by atoms with E-state index in [4.69, 9.17) is 0 Å². The number of carbonyl (C=O) groups excluding carboxylic acids is 1. The molecule has 0 aliphatic rings. The standard InChI is InChI=1S/C11H16N6O/c1-16-7-9(5-13-16)3-4-12-11(18)15-10-6-14-17(2)8-10/h5-8H,3-4H2,1-2H3,(H2,12,15,18). The molecule has 2 aromatic heterocycles.